The smallest absolute Gasteiger partial charge is 0.255 e. The first-order chi connectivity index (χ1) is 15.1. The summed E-state index contributed by atoms with van der Waals surface area (Å²) in [6, 6.07) is 18.8. The third kappa shape index (κ3) is 4.17. The number of benzene rings is 2. The van der Waals surface area contributed by atoms with Gasteiger partial charge in [0, 0.05) is 35.7 Å². The Hall–Kier alpha value is -2.86. The van der Waals surface area contributed by atoms with Crippen molar-refractivity contribution in [3.8, 4) is 22.7 Å². The lowest BCUT2D eigenvalue weighted by molar-refractivity contribution is 0.223. The number of aromatic nitrogens is 2. The number of hydrogen-bond donors (Lipinski definition) is 1. The highest BCUT2D eigenvalue weighted by Gasteiger charge is 2.22. The molecule has 31 heavy (non-hydrogen) atoms. The molecule has 3 heterocycles. The lowest BCUT2D eigenvalue weighted by atomic mass is 10.1. The van der Waals surface area contributed by atoms with Gasteiger partial charge in [0.1, 0.15) is 17.3 Å². The van der Waals surface area contributed by atoms with E-state index in [-0.39, 0.29) is 5.56 Å². The molecule has 5 nitrogen and oxygen atoms in total. The van der Waals surface area contributed by atoms with Gasteiger partial charge in [-0.15, -0.1) is 0 Å². The number of hydrogen-bond acceptors (Lipinski definition) is 4. The number of nitrogens with one attached hydrogen (secondary N) is 1. The summed E-state index contributed by atoms with van der Waals surface area (Å²) in [5.74, 6) is 2.10. The monoisotopic (exact) mass is 451 g/mol. The van der Waals surface area contributed by atoms with Crippen LogP contribution in [-0.4, -0.2) is 21.4 Å². The lowest BCUT2D eigenvalue weighted by Crippen LogP contribution is -2.35. The molecule has 0 bridgehead atoms. The van der Waals surface area contributed by atoms with E-state index in [1.807, 2.05) is 42.5 Å². The first-order valence-electron chi connectivity index (χ1n) is 10.0. The highest BCUT2D eigenvalue weighted by atomic mass is 35.5. The fraction of sp³-hybridized carbons (Fsp3) is 0.167. The third-order valence-corrected chi connectivity index (χ3v) is 5.99. The van der Waals surface area contributed by atoms with Gasteiger partial charge in [-0.2, -0.15) is 0 Å². The molecule has 0 saturated carbocycles. The van der Waals surface area contributed by atoms with Crippen molar-refractivity contribution in [2.75, 3.05) is 6.54 Å². The second-order valence-electron chi connectivity index (χ2n) is 7.56. The first kappa shape index (κ1) is 20.1. The maximum absolute atomic E-state index is 12.7. The molecule has 0 amide bonds. The van der Waals surface area contributed by atoms with Crippen molar-refractivity contribution in [1.29, 1.82) is 0 Å². The first-order valence-corrected chi connectivity index (χ1v) is 10.8. The Morgan fingerprint density at radius 1 is 1.06 bits per heavy atom. The van der Waals surface area contributed by atoms with Crippen LogP contribution in [0, 0.1) is 0 Å². The average molecular weight is 452 g/mol. The summed E-state index contributed by atoms with van der Waals surface area (Å²) < 4.78 is 6.02. The molecule has 1 aliphatic heterocycles. The predicted octanol–water partition coefficient (Wildman–Crippen LogP) is 5.56. The summed E-state index contributed by atoms with van der Waals surface area (Å²) in [6.45, 7) is 1.92. The van der Waals surface area contributed by atoms with Crippen LogP contribution < -0.4 is 5.56 Å². The fourth-order valence-corrected chi connectivity index (χ4v) is 4.25. The van der Waals surface area contributed by atoms with E-state index in [0.29, 0.717) is 41.1 Å². The summed E-state index contributed by atoms with van der Waals surface area (Å²) in [7, 11) is 0. The Balaban J connectivity index is 1.34. The second kappa shape index (κ2) is 8.35. The number of furan rings is 1. The molecule has 1 N–H and O–H groups in total. The van der Waals surface area contributed by atoms with Crippen molar-refractivity contribution in [2.45, 2.75) is 19.5 Å². The van der Waals surface area contributed by atoms with Crippen LogP contribution in [0.25, 0.3) is 22.7 Å². The summed E-state index contributed by atoms with van der Waals surface area (Å²) in [6.07, 6.45) is 0.715. The van der Waals surface area contributed by atoms with Crippen molar-refractivity contribution in [1.82, 2.24) is 14.9 Å². The lowest BCUT2D eigenvalue weighted by Gasteiger charge is -2.26. The van der Waals surface area contributed by atoms with E-state index in [9.17, 15) is 4.79 Å². The highest BCUT2D eigenvalue weighted by molar-refractivity contribution is 6.35. The van der Waals surface area contributed by atoms with Crippen LogP contribution in [0.5, 0.6) is 0 Å². The number of fused-ring (bicyclic) bond motifs is 1. The van der Waals surface area contributed by atoms with Gasteiger partial charge in [-0.05, 0) is 30.3 Å². The standard InChI is InChI=1S/C24H19Cl2N3O2/c25-16-6-8-20(26)18(12-16)22-9-7-17(31-22)13-29-11-10-21-19(14-29)24(30)28-23(27-21)15-4-2-1-3-5-15/h1-9,12H,10-11,13-14H2,(H,27,28,30). The second-order valence-corrected chi connectivity index (χ2v) is 8.40. The van der Waals surface area contributed by atoms with Gasteiger partial charge in [0.25, 0.3) is 5.56 Å². The Morgan fingerprint density at radius 2 is 1.90 bits per heavy atom. The molecule has 0 aliphatic carbocycles. The zero-order valence-electron chi connectivity index (χ0n) is 16.6. The molecule has 5 rings (SSSR count). The molecule has 4 aromatic rings. The molecule has 0 fully saturated rings. The summed E-state index contributed by atoms with van der Waals surface area (Å²) in [5, 5.41) is 1.19. The van der Waals surface area contributed by atoms with E-state index in [2.05, 4.69) is 9.88 Å². The molecule has 0 atom stereocenters. The number of H-pyrrole nitrogens is 1. The number of rotatable bonds is 4. The third-order valence-electron chi connectivity index (χ3n) is 5.43. The molecule has 156 valence electrons. The molecule has 2 aromatic carbocycles. The predicted molar refractivity (Wildman–Crippen MR) is 122 cm³/mol. The van der Waals surface area contributed by atoms with Crippen LogP contribution in [0.15, 0.2) is 69.9 Å². The van der Waals surface area contributed by atoms with E-state index >= 15 is 0 Å². The molecule has 2 aromatic heterocycles. The van der Waals surface area contributed by atoms with E-state index in [4.69, 9.17) is 32.6 Å². The zero-order valence-corrected chi connectivity index (χ0v) is 18.1. The fourth-order valence-electron chi connectivity index (χ4n) is 3.86. The van der Waals surface area contributed by atoms with Gasteiger partial charge in [-0.1, -0.05) is 53.5 Å². The van der Waals surface area contributed by atoms with Crippen LogP contribution in [0.1, 0.15) is 17.0 Å². The van der Waals surface area contributed by atoms with E-state index in [1.54, 1.807) is 18.2 Å². The van der Waals surface area contributed by atoms with Crippen LogP contribution in [-0.2, 0) is 19.5 Å². The van der Waals surface area contributed by atoms with E-state index < -0.39 is 0 Å². The normalized spacial score (nSPS) is 13.9. The zero-order chi connectivity index (χ0) is 21.4. The molecule has 0 radical (unpaired) electrons. The van der Waals surface area contributed by atoms with Crippen molar-refractivity contribution < 1.29 is 4.42 Å². The van der Waals surface area contributed by atoms with Gasteiger partial charge >= 0.3 is 0 Å². The maximum Gasteiger partial charge on any atom is 0.255 e. The van der Waals surface area contributed by atoms with Gasteiger partial charge in [0.15, 0.2) is 0 Å². The van der Waals surface area contributed by atoms with Crippen molar-refractivity contribution in [3.05, 3.63) is 98.1 Å². The minimum atomic E-state index is -0.0839. The maximum atomic E-state index is 12.7. The quantitative estimate of drug-likeness (QED) is 0.440. The minimum Gasteiger partial charge on any atom is -0.460 e. The largest absolute Gasteiger partial charge is 0.460 e. The van der Waals surface area contributed by atoms with Gasteiger partial charge < -0.3 is 9.40 Å². The van der Waals surface area contributed by atoms with Crippen LogP contribution in [0.2, 0.25) is 10.0 Å². The highest BCUT2D eigenvalue weighted by Crippen LogP contribution is 2.32. The molecule has 0 saturated heterocycles. The van der Waals surface area contributed by atoms with Crippen molar-refractivity contribution >= 4 is 23.2 Å². The van der Waals surface area contributed by atoms with Gasteiger partial charge in [0.05, 0.1) is 22.8 Å². The van der Waals surface area contributed by atoms with Crippen molar-refractivity contribution in [2.24, 2.45) is 0 Å². The van der Waals surface area contributed by atoms with E-state index in [1.165, 1.54) is 0 Å². The minimum absolute atomic E-state index is 0.0839. The Kier molecular flexibility index (Phi) is 5.40. The number of aromatic amines is 1. The van der Waals surface area contributed by atoms with Gasteiger partial charge in [0.2, 0.25) is 0 Å². The Labute approximate surface area is 189 Å². The van der Waals surface area contributed by atoms with Gasteiger partial charge in [-0.3, -0.25) is 9.69 Å². The van der Waals surface area contributed by atoms with Gasteiger partial charge in [-0.25, -0.2) is 4.98 Å². The molecule has 7 heteroatoms. The average Bonchev–Trinajstić information content (AvgIpc) is 3.24. The molecule has 1 aliphatic rings. The van der Waals surface area contributed by atoms with Crippen molar-refractivity contribution in [3.63, 3.8) is 0 Å². The van der Waals surface area contributed by atoms with Crippen LogP contribution in [0.4, 0.5) is 0 Å². The topological polar surface area (TPSA) is 62.1 Å². The Morgan fingerprint density at radius 3 is 2.74 bits per heavy atom. The SMILES string of the molecule is O=c1[nH]c(-c2ccccc2)nc2c1CN(Cc1ccc(-c3cc(Cl)ccc3Cl)o1)CC2. The Bertz CT molecular complexity index is 1300. The van der Waals surface area contributed by atoms with E-state index in [0.717, 1.165) is 34.7 Å². The summed E-state index contributed by atoms with van der Waals surface area (Å²) >= 11 is 12.4. The van der Waals surface area contributed by atoms with Crippen LogP contribution >= 0.6 is 23.2 Å². The number of halogens is 2. The van der Waals surface area contributed by atoms with Crippen LogP contribution in [0.3, 0.4) is 0 Å². The molecular weight excluding hydrogens is 433 g/mol. The number of nitrogens with zero attached hydrogens (tertiary/aromatic N) is 2. The molecule has 0 spiro atoms. The summed E-state index contributed by atoms with van der Waals surface area (Å²) in [4.78, 5) is 22.6. The molecule has 0 unspecified atom stereocenters. The molecular formula is C24H19Cl2N3O2. The summed E-state index contributed by atoms with van der Waals surface area (Å²) in [5.41, 5.74) is 3.17.